The number of carbonyl (C=O) groups excluding carboxylic acids is 1. The van der Waals surface area contributed by atoms with Crippen LogP contribution in [-0.2, 0) is 4.79 Å². The molecule has 1 atom stereocenters. The van der Waals surface area contributed by atoms with Crippen molar-refractivity contribution < 1.29 is 4.79 Å². The van der Waals surface area contributed by atoms with Crippen molar-refractivity contribution in [3.63, 3.8) is 0 Å². The minimum absolute atomic E-state index is 0.0318. The third kappa shape index (κ3) is 3.00. The van der Waals surface area contributed by atoms with E-state index in [0.717, 1.165) is 24.9 Å². The van der Waals surface area contributed by atoms with Crippen LogP contribution in [0.15, 0.2) is 40.5 Å². The lowest BCUT2D eigenvalue weighted by atomic mass is 10.2. The third-order valence-corrected chi connectivity index (χ3v) is 5.36. The number of thiophene rings is 1. The van der Waals surface area contributed by atoms with Crippen molar-refractivity contribution in [3.8, 4) is 0 Å². The lowest BCUT2D eigenvalue weighted by Crippen LogP contribution is -2.32. The minimum atomic E-state index is -0.246. The molecule has 1 aliphatic rings. The van der Waals surface area contributed by atoms with Crippen LogP contribution >= 0.6 is 11.3 Å². The van der Waals surface area contributed by atoms with Crippen molar-refractivity contribution in [1.29, 1.82) is 0 Å². The van der Waals surface area contributed by atoms with E-state index in [1.807, 2.05) is 0 Å². The quantitative estimate of drug-likeness (QED) is 0.682. The monoisotopic (exact) mass is 342 g/mol. The summed E-state index contributed by atoms with van der Waals surface area (Å²) in [5.41, 5.74) is 1.87. The van der Waals surface area contributed by atoms with Crippen molar-refractivity contribution in [2.45, 2.75) is 18.9 Å². The summed E-state index contributed by atoms with van der Waals surface area (Å²) in [5, 5.41) is 5.01. The number of imidazole rings is 1. The zero-order chi connectivity index (χ0) is 16.5. The number of amides is 1. The molecule has 1 aliphatic heterocycles. The van der Waals surface area contributed by atoms with E-state index in [-0.39, 0.29) is 11.6 Å². The van der Waals surface area contributed by atoms with Gasteiger partial charge in [0.1, 0.15) is 0 Å². The summed E-state index contributed by atoms with van der Waals surface area (Å²) in [5.74, 6) is -0.0318. The molecule has 1 aromatic carbocycles. The van der Waals surface area contributed by atoms with Crippen LogP contribution in [0.4, 0.5) is 5.69 Å². The summed E-state index contributed by atoms with van der Waals surface area (Å²) >= 11 is 1.75. The molecule has 6 nitrogen and oxygen atoms in total. The molecule has 7 heteroatoms. The van der Waals surface area contributed by atoms with E-state index in [9.17, 15) is 9.59 Å². The summed E-state index contributed by atoms with van der Waals surface area (Å²) in [6, 6.07) is 9.90. The van der Waals surface area contributed by atoms with Crippen molar-refractivity contribution >= 4 is 34.0 Å². The number of nitrogens with one attached hydrogen (secondary N) is 3. The fourth-order valence-electron chi connectivity index (χ4n) is 3.31. The van der Waals surface area contributed by atoms with E-state index in [1.54, 1.807) is 29.5 Å². The number of hydrogen-bond acceptors (Lipinski definition) is 4. The van der Waals surface area contributed by atoms with E-state index >= 15 is 0 Å². The van der Waals surface area contributed by atoms with Crippen LogP contribution in [0.25, 0.3) is 11.0 Å². The molecule has 1 saturated heterocycles. The topological polar surface area (TPSA) is 81.0 Å². The largest absolute Gasteiger partial charge is 0.325 e. The zero-order valence-corrected chi connectivity index (χ0v) is 13.9. The fraction of sp³-hybridized carbons (Fsp3) is 0.294. The molecular weight excluding hydrogens is 324 g/mol. The van der Waals surface area contributed by atoms with Gasteiger partial charge < -0.3 is 15.3 Å². The van der Waals surface area contributed by atoms with Crippen LogP contribution in [0.3, 0.4) is 0 Å². The molecule has 3 heterocycles. The highest BCUT2D eigenvalue weighted by molar-refractivity contribution is 7.10. The lowest BCUT2D eigenvalue weighted by molar-refractivity contribution is -0.117. The fourth-order valence-corrected chi connectivity index (χ4v) is 4.21. The Bertz CT molecular complexity index is 912. The summed E-state index contributed by atoms with van der Waals surface area (Å²) < 4.78 is 0. The van der Waals surface area contributed by atoms with Gasteiger partial charge >= 0.3 is 5.69 Å². The second kappa shape index (κ2) is 6.26. The number of nitrogens with zero attached hydrogens (tertiary/aromatic N) is 1. The van der Waals surface area contributed by atoms with Crippen LogP contribution in [0.5, 0.6) is 0 Å². The van der Waals surface area contributed by atoms with Crippen LogP contribution in [-0.4, -0.2) is 33.9 Å². The molecule has 0 bridgehead atoms. The number of likely N-dealkylation sites (tertiary alicyclic amines) is 1. The van der Waals surface area contributed by atoms with Crippen LogP contribution < -0.4 is 11.0 Å². The lowest BCUT2D eigenvalue weighted by Gasteiger charge is -2.22. The van der Waals surface area contributed by atoms with Crippen molar-refractivity contribution in [2.75, 3.05) is 18.4 Å². The average molecular weight is 342 g/mol. The molecule has 0 saturated carbocycles. The molecule has 124 valence electrons. The second-order valence-electron chi connectivity index (χ2n) is 6.03. The first-order valence-corrected chi connectivity index (χ1v) is 8.86. The Balaban J connectivity index is 1.44. The summed E-state index contributed by atoms with van der Waals surface area (Å²) in [6.45, 7) is 1.32. The first-order chi connectivity index (χ1) is 11.7. The third-order valence-electron chi connectivity index (χ3n) is 4.38. The van der Waals surface area contributed by atoms with Gasteiger partial charge in [0.15, 0.2) is 0 Å². The van der Waals surface area contributed by atoms with Gasteiger partial charge in [-0.2, -0.15) is 0 Å². The second-order valence-corrected chi connectivity index (χ2v) is 7.01. The highest BCUT2D eigenvalue weighted by Crippen LogP contribution is 2.34. The van der Waals surface area contributed by atoms with Crippen molar-refractivity contribution in [2.24, 2.45) is 0 Å². The van der Waals surface area contributed by atoms with Crippen LogP contribution in [0, 0.1) is 0 Å². The number of hydrogen-bond donors (Lipinski definition) is 3. The van der Waals surface area contributed by atoms with Gasteiger partial charge in [0.2, 0.25) is 5.91 Å². The van der Waals surface area contributed by atoms with E-state index in [2.05, 4.69) is 37.7 Å². The van der Waals surface area contributed by atoms with Gasteiger partial charge in [-0.3, -0.25) is 9.69 Å². The van der Waals surface area contributed by atoms with Crippen LogP contribution in [0.2, 0.25) is 0 Å². The zero-order valence-electron chi connectivity index (χ0n) is 13.0. The number of anilines is 1. The standard InChI is InChI=1S/C17H18N4O2S/c22-16(10-21-7-1-3-14(21)15-4-2-8-24-15)18-11-5-6-12-13(9-11)20-17(23)19-12/h2,4-6,8-9,14H,1,3,7,10H2,(H,18,22)(H2,19,20,23)/t14-/m1/s1. The van der Waals surface area contributed by atoms with E-state index in [4.69, 9.17) is 0 Å². The first kappa shape index (κ1) is 15.2. The number of fused-ring (bicyclic) bond motifs is 1. The number of carbonyl (C=O) groups is 1. The van der Waals surface area contributed by atoms with Gasteiger partial charge in [0.25, 0.3) is 0 Å². The summed E-state index contributed by atoms with van der Waals surface area (Å²) in [6.07, 6.45) is 2.22. The van der Waals surface area contributed by atoms with Gasteiger partial charge in [0.05, 0.1) is 17.6 Å². The van der Waals surface area contributed by atoms with E-state index in [1.165, 1.54) is 4.88 Å². The molecule has 0 unspecified atom stereocenters. The molecule has 0 spiro atoms. The Morgan fingerprint density at radius 2 is 2.17 bits per heavy atom. The SMILES string of the molecule is O=C(CN1CCC[C@@H]1c1cccs1)Nc1ccc2[nH]c(=O)[nH]c2c1. The Kier molecular flexibility index (Phi) is 3.95. The number of benzene rings is 1. The Morgan fingerprint density at radius 3 is 3.00 bits per heavy atom. The molecule has 3 N–H and O–H groups in total. The Morgan fingerprint density at radius 1 is 1.29 bits per heavy atom. The average Bonchev–Trinajstić information content (AvgIpc) is 3.25. The molecule has 24 heavy (non-hydrogen) atoms. The molecule has 0 radical (unpaired) electrons. The molecule has 1 amide bonds. The van der Waals surface area contributed by atoms with Gasteiger partial charge in [-0.05, 0) is 49.0 Å². The molecule has 1 fully saturated rings. The normalized spacial score (nSPS) is 18.2. The predicted molar refractivity (Wildman–Crippen MR) is 95.4 cm³/mol. The number of aromatic amines is 2. The van der Waals surface area contributed by atoms with E-state index in [0.29, 0.717) is 23.8 Å². The maximum Gasteiger partial charge on any atom is 0.323 e. The van der Waals surface area contributed by atoms with E-state index < -0.39 is 0 Å². The highest BCUT2D eigenvalue weighted by atomic mass is 32.1. The molecular formula is C17H18N4O2S. The molecule has 4 rings (SSSR count). The Hall–Kier alpha value is -2.38. The number of rotatable bonds is 4. The van der Waals surface area contributed by atoms with Gasteiger partial charge in [-0.15, -0.1) is 11.3 Å². The summed E-state index contributed by atoms with van der Waals surface area (Å²) in [4.78, 5) is 32.6. The summed E-state index contributed by atoms with van der Waals surface area (Å²) in [7, 11) is 0. The maximum absolute atomic E-state index is 12.4. The highest BCUT2D eigenvalue weighted by Gasteiger charge is 2.28. The molecule has 0 aliphatic carbocycles. The van der Waals surface area contributed by atoms with Gasteiger partial charge in [0, 0.05) is 16.6 Å². The minimum Gasteiger partial charge on any atom is -0.325 e. The van der Waals surface area contributed by atoms with Crippen molar-refractivity contribution in [1.82, 2.24) is 14.9 Å². The number of aromatic nitrogens is 2. The van der Waals surface area contributed by atoms with Crippen molar-refractivity contribution in [3.05, 3.63) is 51.1 Å². The number of H-pyrrole nitrogens is 2. The van der Waals surface area contributed by atoms with Crippen LogP contribution in [0.1, 0.15) is 23.8 Å². The molecule has 2 aromatic heterocycles. The Labute approximate surface area is 142 Å². The predicted octanol–water partition coefficient (Wildman–Crippen LogP) is 2.69. The maximum atomic E-state index is 12.4. The molecule has 3 aromatic rings. The van der Waals surface area contributed by atoms with Gasteiger partial charge in [-0.1, -0.05) is 6.07 Å². The van der Waals surface area contributed by atoms with Gasteiger partial charge in [-0.25, -0.2) is 4.79 Å². The smallest absolute Gasteiger partial charge is 0.323 e. The first-order valence-electron chi connectivity index (χ1n) is 7.98.